The molecule has 1 aromatic carbocycles. The lowest BCUT2D eigenvalue weighted by molar-refractivity contribution is 0.381. The van der Waals surface area contributed by atoms with Crippen LogP contribution in [-0.4, -0.2) is 16.9 Å². The van der Waals surface area contributed by atoms with Gasteiger partial charge < -0.3 is 4.74 Å². The van der Waals surface area contributed by atoms with E-state index in [1.807, 2.05) is 0 Å². The van der Waals surface area contributed by atoms with Gasteiger partial charge >= 0.3 is 0 Å². The van der Waals surface area contributed by atoms with Gasteiger partial charge in [-0.1, -0.05) is 12.1 Å². The average Bonchev–Trinajstić information content (AvgIpc) is 2.79. The summed E-state index contributed by atoms with van der Waals surface area (Å²) < 4.78 is 20.7. The number of halogens is 1. The summed E-state index contributed by atoms with van der Waals surface area (Å²) in [6.07, 6.45) is 1.78. The first kappa shape index (κ1) is 12.5. The van der Waals surface area contributed by atoms with Crippen molar-refractivity contribution in [1.82, 2.24) is 15.2 Å². The van der Waals surface area contributed by atoms with Crippen LogP contribution in [0.3, 0.4) is 0 Å². The largest absolute Gasteiger partial charge is 0.494 e. The third-order valence-corrected chi connectivity index (χ3v) is 2.72. The summed E-state index contributed by atoms with van der Waals surface area (Å²) >= 11 is 0. The van der Waals surface area contributed by atoms with Gasteiger partial charge in [-0.25, -0.2) is 9.82 Å². The number of nitrogens with zero attached hydrogens (tertiary/aromatic N) is 2. The molecule has 0 spiro atoms. The molecule has 2 rings (SSSR count). The van der Waals surface area contributed by atoms with Crippen molar-refractivity contribution < 1.29 is 9.13 Å². The van der Waals surface area contributed by atoms with Crippen LogP contribution in [0.4, 0.5) is 4.39 Å². The second-order valence-corrected chi connectivity index (χ2v) is 3.88. The van der Waals surface area contributed by atoms with Crippen LogP contribution in [0.1, 0.15) is 17.3 Å². The highest BCUT2D eigenvalue weighted by molar-refractivity contribution is 5.36. The van der Waals surface area contributed by atoms with Gasteiger partial charge in [0.05, 0.1) is 18.8 Å². The molecule has 1 atom stereocenters. The minimum Gasteiger partial charge on any atom is -0.494 e. The number of ether oxygens (including phenoxy) is 1. The SMILES string of the molecule is COc1cccc(C(NN)c2ccn(C)n2)c1F. The van der Waals surface area contributed by atoms with E-state index < -0.39 is 11.9 Å². The standard InChI is InChI=1S/C12H15FN4O/c1-17-7-6-9(16-17)12(15-14)8-4-3-5-10(18-2)11(8)13/h3-7,12,15H,14H2,1-2H3. The van der Waals surface area contributed by atoms with Crippen LogP contribution in [0, 0.1) is 5.82 Å². The second-order valence-electron chi connectivity index (χ2n) is 3.88. The van der Waals surface area contributed by atoms with E-state index in [-0.39, 0.29) is 5.75 Å². The van der Waals surface area contributed by atoms with Crippen LogP contribution in [-0.2, 0) is 7.05 Å². The first-order valence-corrected chi connectivity index (χ1v) is 5.45. The first-order valence-electron chi connectivity index (χ1n) is 5.45. The fourth-order valence-corrected chi connectivity index (χ4v) is 1.83. The number of benzene rings is 1. The molecule has 1 heterocycles. The van der Waals surface area contributed by atoms with E-state index in [9.17, 15) is 4.39 Å². The highest BCUT2D eigenvalue weighted by Gasteiger charge is 2.20. The highest BCUT2D eigenvalue weighted by Crippen LogP contribution is 2.27. The van der Waals surface area contributed by atoms with E-state index in [1.54, 1.807) is 42.2 Å². The summed E-state index contributed by atoms with van der Waals surface area (Å²) in [7, 11) is 3.22. The van der Waals surface area contributed by atoms with Crippen LogP contribution in [0.5, 0.6) is 5.75 Å². The number of nitrogens with one attached hydrogen (secondary N) is 1. The number of hydrazine groups is 1. The minimum atomic E-state index is -0.513. The minimum absolute atomic E-state index is 0.184. The summed E-state index contributed by atoms with van der Waals surface area (Å²) in [4.78, 5) is 0. The molecule has 96 valence electrons. The third kappa shape index (κ3) is 2.20. The lowest BCUT2D eigenvalue weighted by Crippen LogP contribution is -2.30. The number of nitrogens with two attached hydrogens (primary N) is 1. The zero-order valence-corrected chi connectivity index (χ0v) is 10.2. The zero-order valence-electron chi connectivity index (χ0n) is 10.2. The van der Waals surface area contributed by atoms with E-state index in [0.717, 1.165) is 0 Å². The number of methoxy groups -OCH3 is 1. The van der Waals surface area contributed by atoms with Gasteiger partial charge in [0.25, 0.3) is 0 Å². The molecule has 0 aliphatic rings. The molecule has 0 aliphatic heterocycles. The van der Waals surface area contributed by atoms with Gasteiger partial charge in [-0.2, -0.15) is 5.10 Å². The lowest BCUT2D eigenvalue weighted by Gasteiger charge is -2.16. The molecule has 0 saturated heterocycles. The van der Waals surface area contributed by atoms with Crippen molar-refractivity contribution in [2.45, 2.75) is 6.04 Å². The van der Waals surface area contributed by atoms with E-state index in [0.29, 0.717) is 11.3 Å². The van der Waals surface area contributed by atoms with Gasteiger partial charge in [0, 0.05) is 18.8 Å². The summed E-state index contributed by atoms with van der Waals surface area (Å²) in [5.41, 5.74) is 3.61. The molecular weight excluding hydrogens is 235 g/mol. The number of hydrogen-bond donors (Lipinski definition) is 2. The lowest BCUT2D eigenvalue weighted by atomic mass is 10.0. The Morgan fingerprint density at radius 2 is 2.22 bits per heavy atom. The molecular formula is C12H15FN4O. The molecule has 0 amide bonds. The van der Waals surface area contributed by atoms with Crippen molar-refractivity contribution in [2.24, 2.45) is 12.9 Å². The summed E-state index contributed by atoms with van der Waals surface area (Å²) in [5.74, 6) is 5.25. The maximum Gasteiger partial charge on any atom is 0.170 e. The molecule has 18 heavy (non-hydrogen) atoms. The molecule has 5 nitrogen and oxygen atoms in total. The predicted octanol–water partition coefficient (Wildman–Crippen LogP) is 1.12. The monoisotopic (exact) mass is 250 g/mol. The Hall–Kier alpha value is -1.92. The van der Waals surface area contributed by atoms with E-state index in [4.69, 9.17) is 10.6 Å². The number of hydrogen-bond acceptors (Lipinski definition) is 4. The van der Waals surface area contributed by atoms with Crippen molar-refractivity contribution in [3.05, 3.63) is 47.5 Å². The normalized spacial score (nSPS) is 12.4. The van der Waals surface area contributed by atoms with Gasteiger partial charge in [-0.3, -0.25) is 10.5 Å². The fourth-order valence-electron chi connectivity index (χ4n) is 1.83. The number of rotatable bonds is 4. The van der Waals surface area contributed by atoms with Gasteiger partial charge in [0.1, 0.15) is 0 Å². The van der Waals surface area contributed by atoms with Crippen LogP contribution >= 0.6 is 0 Å². The molecule has 0 bridgehead atoms. The fraction of sp³-hybridized carbons (Fsp3) is 0.250. The van der Waals surface area contributed by atoms with E-state index >= 15 is 0 Å². The maximum absolute atomic E-state index is 14.1. The first-order chi connectivity index (χ1) is 8.67. The van der Waals surface area contributed by atoms with E-state index in [1.165, 1.54) is 7.11 Å². The Morgan fingerprint density at radius 1 is 1.44 bits per heavy atom. The quantitative estimate of drug-likeness (QED) is 0.630. The molecule has 0 saturated carbocycles. The summed E-state index contributed by atoms with van der Waals surface area (Å²) in [6, 6.07) is 6.19. The van der Waals surface area contributed by atoms with Gasteiger partial charge in [-0.15, -0.1) is 0 Å². The van der Waals surface area contributed by atoms with Crippen molar-refractivity contribution in [3.8, 4) is 5.75 Å². The Kier molecular flexibility index (Phi) is 3.59. The average molecular weight is 250 g/mol. The summed E-state index contributed by atoms with van der Waals surface area (Å²) in [5, 5.41) is 4.22. The van der Waals surface area contributed by atoms with Crippen molar-refractivity contribution in [2.75, 3.05) is 7.11 Å². The summed E-state index contributed by atoms with van der Waals surface area (Å²) in [6.45, 7) is 0. The molecule has 1 aromatic heterocycles. The Bertz CT molecular complexity index is 541. The molecule has 2 aromatic rings. The highest BCUT2D eigenvalue weighted by atomic mass is 19.1. The smallest absolute Gasteiger partial charge is 0.170 e. The topological polar surface area (TPSA) is 65.1 Å². The van der Waals surface area contributed by atoms with Gasteiger partial charge in [0.2, 0.25) is 0 Å². The molecule has 0 radical (unpaired) electrons. The van der Waals surface area contributed by atoms with Crippen molar-refractivity contribution >= 4 is 0 Å². The Morgan fingerprint density at radius 3 is 2.78 bits per heavy atom. The molecule has 0 aliphatic carbocycles. The second kappa shape index (κ2) is 5.16. The van der Waals surface area contributed by atoms with Crippen molar-refractivity contribution in [1.29, 1.82) is 0 Å². The van der Waals surface area contributed by atoms with Gasteiger partial charge in [0.15, 0.2) is 11.6 Å². The molecule has 3 N–H and O–H groups in total. The van der Waals surface area contributed by atoms with E-state index in [2.05, 4.69) is 10.5 Å². The Balaban J connectivity index is 2.45. The molecule has 6 heteroatoms. The molecule has 1 unspecified atom stereocenters. The van der Waals surface area contributed by atoms with Crippen LogP contribution in [0.2, 0.25) is 0 Å². The third-order valence-electron chi connectivity index (χ3n) is 2.72. The zero-order chi connectivity index (χ0) is 13.1. The van der Waals surface area contributed by atoms with Crippen LogP contribution in [0.15, 0.2) is 30.5 Å². The van der Waals surface area contributed by atoms with Crippen LogP contribution < -0.4 is 16.0 Å². The number of aryl methyl sites for hydroxylation is 1. The predicted molar refractivity (Wildman–Crippen MR) is 65.3 cm³/mol. The number of aromatic nitrogens is 2. The van der Waals surface area contributed by atoms with Crippen LogP contribution in [0.25, 0.3) is 0 Å². The van der Waals surface area contributed by atoms with Crippen molar-refractivity contribution in [3.63, 3.8) is 0 Å². The maximum atomic E-state index is 14.1. The van der Waals surface area contributed by atoms with Gasteiger partial charge in [-0.05, 0) is 12.1 Å². The Labute approximate surface area is 104 Å². The molecule has 0 fully saturated rings.